The molecule has 2 heterocycles. The van der Waals surface area contributed by atoms with E-state index in [1.165, 1.54) is 12.8 Å². The number of morpholine rings is 1. The van der Waals surface area contributed by atoms with Crippen LogP contribution < -0.4 is 0 Å². The molecule has 5 heteroatoms. The lowest BCUT2D eigenvalue weighted by Gasteiger charge is -2.41. The molecule has 2 aliphatic heterocycles. The molecule has 0 radical (unpaired) electrons. The number of rotatable bonds is 1. The first kappa shape index (κ1) is 14.3. The molecule has 0 aliphatic carbocycles. The average Bonchev–Trinajstić information content (AvgIpc) is 2.66. The summed E-state index contributed by atoms with van der Waals surface area (Å²) in [4.78, 5) is 27.8. The maximum atomic E-state index is 12.7. The largest absolute Gasteiger partial charge is 0.362 e. The molecule has 0 aromatic heterocycles. The molecule has 2 aliphatic rings. The lowest BCUT2D eigenvalue weighted by Crippen LogP contribution is -2.59. The van der Waals surface area contributed by atoms with Gasteiger partial charge in [-0.05, 0) is 19.8 Å². The van der Waals surface area contributed by atoms with E-state index in [-0.39, 0.29) is 11.8 Å². The Hall–Kier alpha value is -1.10. The fourth-order valence-electron chi connectivity index (χ4n) is 2.88. The van der Waals surface area contributed by atoms with E-state index in [1.807, 2.05) is 11.8 Å². The summed E-state index contributed by atoms with van der Waals surface area (Å²) >= 11 is 0. The molecule has 2 fully saturated rings. The molecular weight excluding hydrogens is 244 g/mol. The van der Waals surface area contributed by atoms with E-state index < -0.39 is 5.60 Å². The van der Waals surface area contributed by atoms with Gasteiger partial charge < -0.3 is 14.5 Å². The van der Waals surface area contributed by atoms with Crippen LogP contribution in [-0.4, -0.2) is 60.0 Å². The molecular formula is C14H24N2O3. The van der Waals surface area contributed by atoms with E-state index >= 15 is 0 Å². The molecule has 0 bridgehead atoms. The van der Waals surface area contributed by atoms with Gasteiger partial charge in [-0.2, -0.15) is 0 Å². The fraction of sp³-hybridized carbons (Fsp3) is 0.857. The van der Waals surface area contributed by atoms with Gasteiger partial charge in [-0.15, -0.1) is 0 Å². The van der Waals surface area contributed by atoms with Gasteiger partial charge in [-0.25, -0.2) is 0 Å². The summed E-state index contributed by atoms with van der Waals surface area (Å²) in [6.07, 6.45) is 4.53. The van der Waals surface area contributed by atoms with Crippen molar-refractivity contribution >= 4 is 11.8 Å². The molecule has 0 aromatic carbocycles. The standard InChI is InChI=1S/C14H24N2O3/c1-12(17)16-9-10-19-14(2,11-16)13(18)15-7-5-3-4-6-8-15/h3-11H2,1-2H3/t14-/m0/s1. The second kappa shape index (κ2) is 5.90. The van der Waals surface area contributed by atoms with Crippen LogP contribution in [0.2, 0.25) is 0 Å². The minimum Gasteiger partial charge on any atom is -0.362 e. The topological polar surface area (TPSA) is 49.9 Å². The molecule has 2 amide bonds. The average molecular weight is 268 g/mol. The number of hydrogen-bond donors (Lipinski definition) is 0. The van der Waals surface area contributed by atoms with Crippen LogP contribution in [0.3, 0.4) is 0 Å². The number of amides is 2. The number of carbonyl (C=O) groups is 2. The number of likely N-dealkylation sites (tertiary alicyclic amines) is 1. The molecule has 1 atom stereocenters. The van der Waals surface area contributed by atoms with Crippen molar-refractivity contribution in [3.63, 3.8) is 0 Å². The second-order valence-corrected chi connectivity index (χ2v) is 5.73. The molecule has 0 N–H and O–H groups in total. The molecule has 108 valence electrons. The van der Waals surface area contributed by atoms with Crippen molar-refractivity contribution < 1.29 is 14.3 Å². The minimum atomic E-state index is -0.867. The number of nitrogens with zero attached hydrogens (tertiary/aromatic N) is 2. The van der Waals surface area contributed by atoms with E-state index in [1.54, 1.807) is 11.8 Å². The second-order valence-electron chi connectivity index (χ2n) is 5.73. The van der Waals surface area contributed by atoms with Crippen molar-refractivity contribution in [2.24, 2.45) is 0 Å². The van der Waals surface area contributed by atoms with Gasteiger partial charge in [0.15, 0.2) is 5.60 Å². The van der Waals surface area contributed by atoms with Gasteiger partial charge in [0.1, 0.15) is 0 Å². The third kappa shape index (κ3) is 3.26. The van der Waals surface area contributed by atoms with E-state index in [0.29, 0.717) is 19.7 Å². The van der Waals surface area contributed by atoms with E-state index in [9.17, 15) is 9.59 Å². The molecule has 0 saturated carbocycles. The Balaban J connectivity index is 2.05. The van der Waals surface area contributed by atoms with Gasteiger partial charge in [0.05, 0.1) is 13.2 Å². The van der Waals surface area contributed by atoms with Gasteiger partial charge in [-0.1, -0.05) is 12.8 Å². The molecule has 0 spiro atoms. The lowest BCUT2D eigenvalue weighted by atomic mass is 10.0. The molecule has 2 saturated heterocycles. The van der Waals surface area contributed by atoms with Crippen molar-refractivity contribution in [3.05, 3.63) is 0 Å². The zero-order valence-corrected chi connectivity index (χ0v) is 12.0. The predicted octanol–water partition coefficient (Wildman–Crippen LogP) is 1.03. The third-order valence-electron chi connectivity index (χ3n) is 4.07. The third-order valence-corrected chi connectivity index (χ3v) is 4.07. The molecule has 0 unspecified atom stereocenters. The first-order chi connectivity index (χ1) is 9.03. The van der Waals surface area contributed by atoms with Gasteiger partial charge in [0.2, 0.25) is 5.91 Å². The smallest absolute Gasteiger partial charge is 0.256 e. The highest BCUT2D eigenvalue weighted by Gasteiger charge is 2.42. The van der Waals surface area contributed by atoms with Gasteiger partial charge in [0.25, 0.3) is 5.91 Å². The molecule has 2 rings (SSSR count). The Bertz CT molecular complexity index is 351. The van der Waals surface area contributed by atoms with Crippen LogP contribution in [0.1, 0.15) is 39.5 Å². The maximum Gasteiger partial charge on any atom is 0.256 e. The number of hydrogen-bond acceptors (Lipinski definition) is 3. The van der Waals surface area contributed by atoms with Crippen LogP contribution in [-0.2, 0) is 14.3 Å². The fourth-order valence-corrected chi connectivity index (χ4v) is 2.88. The molecule has 5 nitrogen and oxygen atoms in total. The van der Waals surface area contributed by atoms with Gasteiger partial charge >= 0.3 is 0 Å². The van der Waals surface area contributed by atoms with Crippen LogP contribution in [0.25, 0.3) is 0 Å². The Kier molecular flexibility index (Phi) is 4.45. The highest BCUT2D eigenvalue weighted by molar-refractivity contribution is 5.86. The summed E-state index contributed by atoms with van der Waals surface area (Å²) < 4.78 is 5.72. The monoisotopic (exact) mass is 268 g/mol. The molecule has 19 heavy (non-hydrogen) atoms. The summed E-state index contributed by atoms with van der Waals surface area (Å²) in [6.45, 7) is 6.39. The SMILES string of the molecule is CC(=O)N1CCO[C@](C)(C(=O)N2CCCCCC2)C1. The van der Waals surface area contributed by atoms with Crippen molar-refractivity contribution in [1.29, 1.82) is 0 Å². The van der Waals surface area contributed by atoms with Gasteiger partial charge in [0, 0.05) is 26.6 Å². The Morgan fingerprint density at radius 2 is 1.63 bits per heavy atom. The normalized spacial score (nSPS) is 28.9. The highest BCUT2D eigenvalue weighted by atomic mass is 16.5. The van der Waals surface area contributed by atoms with Crippen molar-refractivity contribution in [1.82, 2.24) is 9.80 Å². The summed E-state index contributed by atoms with van der Waals surface area (Å²) in [5, 5.41) is 0. The van der Waals surface area contributed by atoms with Crippen LogP contribution in [0.15, 0.2) is 0 Å². The predicted molar refractivity (Wildman–Crippen MR) is 71.7 cm³/mol. The molecule has 0 aromatic rings. The summed E-state index contributed by atoms with van der Waals surface area (Å²) in [5.41, 5.74) is -0.867. The Morgan fingerprint density at radius 3 is 2.21 bits per heavy atom. The zero-order valence-electron chi connectivity index (χ0n) is 12.0. The summed E-state index contributed by atoms with van der Waals surface area (Å²) in [5.74, 6) is 0.0542. The van der Waals surface area contributed by atoms with Crippen LogP contribution in [0.4, 0.5) is 0 Å². The van der Waals surface area contributed by atoms with Crippen molar-refractivity contribution in [2.45, 2.75) is 45.1 Å². The van der Waals surface area contributed by atoms with Crippen LogP contribution in [0, 0.1) is 0 Å². The van der Waals surface area contributed by atoms with Crippen molar-refractivity contribution in [2.75, 3.05) is 32.8 Å². The van der Waals surface area contributed by atoms with Crippen molar-refractivity contribution in [3.8, 4) is 0 Å². The van der Waals surface area contributed by atoms with E-state index in [0.717, 1.165) is 25.9 Å². The Labute approximate surface area is 114 Å². The summed E-state index contributed by atoms with van der Waals surface area (Å²) in [7, 11) is 0. The van der Waals surface area contributed by atoms with E-state index in [2.05, 4.69) is 0 Å². The lowest BCUT2D eigenvalue weighted by molar-refractivity contribution is -0.170. The van der Waals surface area contributed by atoms with Crippen LogP contribution >= 0.6 is 0 Å². The summed E-state index contributed by atoms with van der Waals surface area (Å²) in [6, 6.07) is 0. The number of carbonyl (C=O) groups excluding carboxylic acids is 2. The highest BCUT2D eigenvalue weighted by Crippen LogP contribution is 2.22. The van der Waals surface area contributed by atoms with E-state index in [4.69, 9.17) is 4.74 Å². The van der Waals surface area contributed by atoms with Crippen LogP contribution in [0.5, 0.6) is 0 Å². The number of ether oxygens (including phenoxy) is 1. The zero-order chi connectivity index (χ0) is 13.9. The Morgan fingerprint density at radius 1 is 1.00 bits per heavy atom. The first-order valence-electron chi connectivity index (χ1n) is 7.22. The first-order valence-corrected chi connectivity index (χ1v) is 7.22. The minimum absolute atomic E-state index is 0.0122. The quantitative estimate of drug-likeness (QED) is 0.713. The maximum absolute atomic E-state index is 12.7. The van der Waals surface area contributed by atoms with Gasteiger partial charge in [-0.3, -0.25) is 9.59 Å².